The van der Waals surface area contributed by atoms with Crippen molar-refractivity contribution >= 4 is 23.3 Å². The maximum absolute atomic E-state index is 12.0. The van der Waals surface area contributed by atoms with E-state index in [0.29, 0.717) is 24.3 Å². The van der Waals surface area contributed by atoms with Crippen LogP contribution in [-0.2, 0) is 16.0 Å². The predicted octanol–water partition coefficient (Wildman–Crippen LogP) is 2.99. The summed E-state index contributed by atoms with van der Waals surface area (Å²) in [6.07, 6.45) is 0.998. The molecule has 136 valence electrons. The molecule has 0 fully saturated rings. The highest BCUT2D eigenvalue weighted by atomic mass is 16.2. The molecule has 1 N–H and O–H groups in total. The number of benzene rings is 2. The molecule has 5 nitrogen and oxygen atoms in total. The molecule has 0 aliphatic heterocycles. The van der Waals surface area contributed by atoms with E-state index in [1.165, 1.54) is 19.4 Å². The van der Waals surface area contributed by atoms with Gasteiger partial charge in [-0.15, -0.1) is 0 Å². The van der Waals surface area contributed by atoms with E-state index < -0.39 is 0 Å². The summed E-state index contributed by atoms with van der Waals surface area (Å²) in [5, 5.41) is 2.88. The fourth-order valence-electron chi connectivity index (χ4n) is 2.64. The fourth-order valence-corrected chi connectivity index (χ4v) is 2.64. The minimum absolute atomic E-state index is 0.0243. The van der Waals surface area contributed by atoms with Gasteiger partial charge >= 0.3 is 0 Å². The molecule has 2 aromatic rings. The van der Waals surface area contributed by atoms with Crippen molar-refractivity contribution in [1.82, 2.24) is 5.32 Å². The van der Waals surface area contributed by atoms with Crippen molar-refractivity contribution < 1.29 is 14.4 Å². The third-order valence-corrected chi connectivity index (χ3v) is 4.11. The smallest absolute Gasteiger partial charge is 0.223 e. The summed E-state index contributed by atoms with van der Waals surface area (Å²) in [5.41, 5.74) is 2.44. The summed E-state index contributed by atoms with van der Waals surface area (Å²) in [7, 11) is 0. The Labute approximate surface area is 154 Å². The van der Waals surface area contributed by atoms with E-state index in [-0.39, 0.29) is 24.0 Å². The summed E-state index contributed by atoms with van der Waals surface area (Å²) >= 11 is 0. The van der Waals surface area contributed by atoms with E-state index in [4.69, 9.17) is 0 Å². The fraction of sp³-hybridized carbons (Fsp3) is 0.286. The van der Waals surface area contributed by atoms with Crippen molar-refractivity contribution in [2.75, 3.05) is 18.0 Å². The molecule has 0 atom stereocenters. The number of hydrogen-bond donors (Lipinski definition) is 1. The van der Waals surface area contributed by atoms with Crippen LogP contribution in [0.1, 0.15) is 36.2 Å². The Kier molecular flexibility index (Phi) is 7.09. The maximum atomic E-state index is 12.0. The highest BCUT2D eigenvalue weighted by Crippen LogP contribution is 2.16. The van der Waals surface area contributed by atoms with Gasteiger partial charge in [-0.3, -0.25) is 14.4 Å². The number of carbonyl (C=O) groups excluding carboxylic acids is 3. The lowest BCUT2D eigenvalue weighted by molar-refractivity contribution is -0.121. The SMILES string of the molecule is CC(=O)c1ccc(N(CCC(=O)NCCc2ccccc2)C(C)=O)cc1. The van der Waals surface area contributed by atoms with Crippen LogP contribution in [0.25, 0.3) is 0 Å². The van der Waals surface area contributed by atoms with Crippen LogP contribution in [0.5, 0.6) is 0 Å². The van der Waals surface area contributed by atoms with Crippen LogP contribution >= 0.6 is 0 Å². The molecular formula is C21H24N2O3. The first-order valence-corrected chi connectivity index (χ1v) is 8.67. The van der Waals surface area contributed by atoms with Crippen molar-refractivity contribution in [2.24, 2.45) is 0 Å². The van der Waals surface area contributed by atoms with Gasteiger partial charge in [0.05, 0.1) is 0 Å². The van der Waals surface area contributed by atoms with Gasteiger partial charge in [-0.25, -0.2) is 0 Å². The van der Waals surface area contributed by atoms with Gasteiger partial charge in [0.1, 0.15) is 0 Å². The lowest BCUT2D eigenvalue weighted by atomic mass is 10.1. The molecule has 0 spiro atoms. The van der Waals surface area contributed by atoms with Crippen LogP contribution < -0.4 is 10.2 Å². The second-order valence-electron chi connectivity index (χ2n) is 6.11. The minimum atomic E-state index is -0.141. The van der Waals surface area contributed by atoms with E-state index in [2.05, 4.69) is 5.32 Å². The van der Waals surface area contributed by atoms with E-state index >= 15 is 0 Å². The molecule has 0 saturated carbocycles. The van der Waals surface area contributed by atoms with Crippen molar-refractivity contribution in [3.05, 3.63) is 65.7 Å². The van der Waals surface area contributed by atoms with E-state index in [0.717, 1.165) is 6.42 Å². The zero-order valence-electron chi connectivity index (χ0n) is 15.2. The molecule has 2 amide bonds. The average molecular weight is 352 g/mol. The summed E-state index contributed by atoms with van der Waals surface area (Å²) in [4.78, 5) is 36.8. The molecule has 0 heterocycles. The first-order valence-electron chi connectivity index (χ1n) is 8.67. The second kappa shape index (κ2) is 9.51. The normalized spacial score (nSPS) is 10.2. The molecule has 2 aromatic carbocycles. The molecule has 26 heavy (non-hydrogen) atoms. The third-order valence-electron chi connectivity index (χ3n) is 4.11. The van der Waals surface area contributed by atoms with Gasteiger partial charge in [-0.1, -0.05) is 30.3 Å². The van der Waals surface area contributed by atoms with Crippen molar-refractivity contribution in [3.63, 3.8) is 0 Å². The molecule has 0 unspecified atom stereocenters. The van der Waals surface area contributed by atoms with Gasteiger partial charge < -0.3 is 10.2 Å². The molecule has 0 aromatic heterocycles. The first-order chi connectivity index (χ1) is 12.5. The molecule has 5 heteroatoms. The zero-order valence-corrected chi connectivity index (χ0v) is 15.2. The van der Waals surface area contributed by atoms with Crippen LogP contribution in [0, 0.1) is 0 Å². The Morgan fingerprint density at radius 1 is 0.923 bits per heavy atom. The van der Waals surface area contributed by atoms with E-state index in [1.54, 1.807) is 29.2 Å². The molecule has 0 bridgehead atoms. The lowest BCUT2D eigenvalue weighted by Crippen LogP contribution is -2.34. The van der Waals surface area contributed by atoms with Gasteiger partial charge in [0.2, 0.25) is 11.8 Å². The van der Waals surface area contributed by atoms with Gasteiger partial charge in [0.15, 0.2) is 5.78 Å². The van der Waals surface area contributed by atoms with Crippen LogP contribution in [0.15, 0.2) is 54.6 Å². The number of amides is 2. The Bertz CT molecular complexity index is 755. The van der Waals surface area contributed by atoms with Crippen LogP contribution in [0.2, 0.25) is 0 Å². The Balaban J connectivity index is 1.84. The topological polar surface area (TPSA) is 66.5 Å². The number of Topliss-reactive ketones (excluding diaryl/α,β-unsaturated/α-hetero) is 1. The van der Waals surface area contributed by atoms with Gasteiger partial charge in [-0.2, -0.15) is 0 Å². The second-order valence-corrected chi connectivity index (χ2v) is 6.11. The molecule has 0 aliphatic carbocycles. The van der Waals surface area contributed by atoms with E-state index in [9.17, 15) is 14.4 Å². The van der Waals surface area contributed by atoms with Crippen molar-refractivity contribution in [2.45, 2.75) is 26.7 Å². The highest BCUT2D eigenvalue weighted by molar-refractivity contribution is 5.96. The number of hydrogen-bond acceptors (Lipinski definition) is 3. The number of nitrogens with one attached hydrogen (secondary N) is 1. The van der Waals surface area contributed by atoms with Crippen LogP contribution in [0.3, 0.4) is 0 Å². The lowest BCUT2D eigenvalue weighted by Gasteiger charge is -2.21. The molecular weight excluding hydrogens is 328 g/mol. The molecule has 0 saturated heterocycles. The molecule has 0 radical (unpaired) electrons. The Morgan fingerprint density at radius 2 is 1.58 bits per heavy atom. The summed E-state index contributed by atoms with van der Waals surface area (Å²) in [6.45, 7) is 3.83. The van der Waals surface area contributed by atoms with Gasteiger partial charge in [0, 0.05) is 37.7 Å². The van der Waals surface area contributed by atoms with Crippen molar-refractivity contribution in [1.29, 1.82) is 0 Å². The van der Waals surface area contributed by atoms with Crippen LogP contribution in [0.4, 0.5) is 5.69 Å². The third kappa shape index (κ3) is 5.84. The molecule has 0 aliphatic rings. The van der Waals surface area contributed by atoms with E-state index in [1.807, 2.05) is 30.3 Å². The standard InChI is InChI=1S/C21H24N2O3/c1-16(24)19-8-10-20(11-9-19)23(17(2)25)15-13-21(26)22-14-12-18-6-4-3-5-7-18/h3-11H,12-15H2,1-2H3,(H,22,26). The minimum Gasteiger partial charge on any atom is -0.356 e. The average Bonchev–Trinajstić information content (AvgIpc) is 2.63. The zero-order chi connectivity index (χ0) is 18.9. The van der Waals surface area contributed by atoms with Gasteiger partial charge in [0.25, 0.3) is 0 Å². The van der Waals surface area contributed by atoms with Crippen molar-refractivity contribution in [3.8, 4) is 0 Å². The number of nitrogens with zero attached hydrogens (tertiary/aromatic N) is 1. The predicted molar refractivity (Wildman–Crippen MR) is 102 cm³/mol. The summed E-state index contributed by atoms with van der Waals surface area (Å²) in [6, 6.07) is 16.8. The monoisotopic (exact) mass is 352 g/mol. The van der Waals surface area contributed by atoms with Gasteiger partial charge in [-0.05, 0) is 43.2 Å². The number of carbonyl (C=O) groups is 3. The van der Waals surface area contributed by atoms with Crippen LogP contribution in [-0.4, -0.2) is 30.7 Å². The Hall–Kier alpha value is -2.95. The largest absolute Gasteiger partial charge is 0.356 e. The summed E-state index contributed by atoms with van der Waals surface area (Å²) < 4.78 is 0. The number of anilines is 1. The highest BCUT2D eigenvalue weighted by Gasteiger charge is 2.13. The Morgan fingerprint density at radius 3 is 2.15 bits per heavy atom. The summed E-state index contributed by atoms with van der Waals surface area (Å²) in [5.74, 6) is -0.256. The molecule has 2 rings (SSSR count). The number of ketones is 1. The maximum Gasteiger partial charge on any atom is 0.223 e. The quantitative estimate of drug-likeness (QED) is 0.743. The number of rotatable bonds is 8. The first kappa shape index (κ1) is 19.4.